The molecule has 1 aromatic carbocycles. The van der Waals surface area contributed by atoms with Crippen LogP contribution in [0.4, 0.5) is 22.2 Å². The highest BCUT2D eigenvalue weighted by atomic mass is 16.5. The highest BCUT2D eigenvalue weighted by molar-refractivity contribution is 6.17. The molecule has 0 aliphatic heterocycles. The molecule has 10 heteroatoms. The highest BCUT2D eigenvalue weighted by Gasteiger charge is 2.19. The second-order valence-electron chi connectivity index (χ2n) is 6.02. The van der Waals surface area contributed by atoms with Crippen LogP contribution in [0.5, 0.6) is 0 Å². The molecule has 0 spiro atoms. The first-order chi connectivity index (χ1) is 12.9. The number of hydrogen-bond donors (Lipinski definition) is 4. The molecule has 140 valence electrons. The number of nitrogen functional groups attached to an aromatic ring is 1. The van der Waals surface area contributed by atoms with Crippen LogP contribution < -0.4 is 16.4 Å². The fraction of sp³-hybridized carbons (Fsp3) is 0.235. The summed E-state index contributed by atoms with van der Waals surface area (Å²) in [6.45, 7) is 3.92. The van der Waals surface area contributed by atoms with E-state index in [0.717, 1.165) is 0 Å². The van der Waals surface area contributed by atoms with E-state index < -0.39 is 6.09 Å². The van der Waals surface area contributed by atoms with E-state index in [2.05, 4.69) is 30.5 Å². The van der Waals surface area contributed by atoms with Gasteiger partial charge in [-0.3, -0.25) is 10.7 Å². The largest absolute Gasteiger partial charge is 0.453 e. The van der Waals surface area contributed by atoms with Crippen molar-refractivity contribution in [2.45, 2.75) is 19.9 Å². The van der Waals surface area contributed by atoms with Gasteiger partial charge in [-0.25, -0.2) is 14.8 Å². The predicted octanol–water partition coefficient (Wildman–Crippen LogP) is 2.61. The molecular weight excluding hydrogens is 350 g/mol. The van der Waals surface area contributed by atoms with Crippen molar-refractivity contribution in [1.29, 1.82) is 5.41 Å². The fourth-order valence-electron chi connectivity index (χ4n) is 2.50. The third-order valence-corrected chi connectivity index (χ3v) is 3.72. The number of nitrogens with one attached hydrogen (secondary N) is 3. The van der Waals surface area contributed by atoms with Gasteiger partial charge in [0.1, 0.15) is 18.0 Å². The first kappa shape index (κ1) is 18.1. The third kappa shape index (κ3) is 3.64. The molecule has 0 aliphatic carbocycles. The van der Waals surface area contributed by atoms with Crippen LogP contribution in [0.1, 0.15) is 25.0 Å². The predicted molar refractivity (Wildman–Crippen MR) is 101 cm³/mol. The van der Waals surface area contributed by atoms with Crippen molar-refractivity contribution < 1.29 is 14.1 Å². The lowest BCUT2D eigenvalue weighted by atomic mass is 10.0. The first-order valence-electron chi connectivity index (χ1n) is 8.11. The lowest BCUT2D eigenvalue weighted by Crippen LogP contribution is -2.17. The molecule has 3 aromatic rings. The SMILES string of the molecule is COC(=O)Nc1noc2cc(C(=N)c3c(N)ncnc3NC(C)C)ccc12. The van der Waals surface area contributed by atoms with E-state index in [0.29, 0.717) is 27.9 Å². The van der Waals surface area contributed by atoms with Gasteiger partial charge in [-0.05, 0) is 26.0 Å². The third-order valence-electron chi connectivity index (χ3n) is 3.72. The standard InChI is InChI=1S/C17H19N7O3/c1-8(2)22-16-12(14(19)20-7-21-16)13(18)9-4-5-10-11(6-9)27-24-15(10)23-17(25)26-3/h4-8,18H,1-3H3,(H,23,24,25)(H3,19,20,21,22). The van der Waals surface area contributed by atoms with Crippen molar-refractivity contribution in [3.63, 3.8) is 0 Å². The number of nitrogens with zero attached hydrogens (tertiary/aromatic N) is 3. The van der Waals surface area contributed by atoms with Gasteiger partial charge in [-0.2, -0.15) is 0 Å². The number of fused-ring (bicyclic) bond motifs is 1. The van der Waals surface area contributed by atoms with E-state index in [1.165, 1.54) is 13.4 Å². The molecular formula is C17H19N7O3. The summed E-state index contributed by atoms with van der Waals surface area (Å²) in [5, 5.41) is 18.6. The van der Waals surface area contributed by atoms with Crippen molar-refractivity contribution >= 4 is 40.2 Å². The fourth-order valence-corrected chi connectivity index (χ4v) is 2.50. The van der Waals surface area contributed by atoms with Crippen LogP contribution in [0.25, 0.3) is 11.0 Å². The Morgan fingerprint density at radius 2 is 2.07 bits per heavy atom. The van der Waals surface area contributed by atoms with Crippen LogP contribution in [0, 0.1) is 5.41 Å². The molecule has 0 fully saturated rings. The number of anilines is 3. The maximum Gasteiger partial charge on any atom is 0.412 e. The summed E-state index contributed by atoms with van der Waals surface area (Å²) in [4.78, 5) is 19.5. The van der Waals surface area contributed by atoms with Gasteiger partial charge in [0.2, 0.25) is 0 Å². The van der Waals surface area contributed by atoms with E-state index in [9.17, 15) is 4.79 Å². The molecule has 0 aliphatic rings. The molecule has 5 N–H and O–H groups in total. The molecule has 10 nitrogen and oxygen atoms in total. The normalized spacial score (nSPS) is 10.8. The summed E-state index contributed by atoms with van der Waals surface area (Å²) < 4.78 is 9.80. The van der Waals surface area contributed by atoms with Crippen molar-refractivity contribution in [3.05, 3.63) is 35.7 Å². The second kappa shape index (κ2) is 7.28. The van der Waals surface area contributed by atoms with Crippen LogP contribution in [-0.2, 0) is 4.74 Å². The molecule has 0 saturated carbocycles. The monoisotopic (exact) mass is 369 g/mol. The number of amides is 1. The van der Waals surface area contributed by atoms with E-state index in [1.54, 1.807) is 18.2 Å². The summed E-state index contributed by atoms with van der Waals surface area (Å²) in [5.41, 5.74) is 7.47. The molecule has 0 unspecified atom stereocenters. The molecule has 0 saturated heterocycles. The topological polar surface area (TPSA) is 152 Å². The minimum absolute atomic E-state index is 0.106. The Bertz CT molecular complexity index is 1010. The lowest BCUT2D eigenvalue weighted by Gasteiger charge is -2.15. The summed E-state index contributed by atoms with van der Waals surface area (Å²) >= 11 is 0. The Hall–Kier alpha value is -3.69. The van der Waals surface area contributed by atoms with E-state index >= 15 is 0 Å². The van der Waals surface area contributed by atoms with Gasteiger partial charge < -0.3 is 20.3 Å². The summed E-state index contributed by atoms with van der Waals surface area (Å²) in [6, 6.07) is 5.14. The zero-order valence-electron chi connectivity index (χ0n) is 15.0. The number of carbonyl (C=O) groups is 1. The molecule has 2 aromatic heterocycles. The van der Waals surface area contributed by atoms with Crippen molar-refractivity contribution in [2.75, 3.05) is 23.5 Å². The lowest BCUT2D eigenvalue weighted by molar-refractivity contribution is 0.186. The van der Waals surface area contributed by atoms with Crippen LogP contribution in [0.15, 0.2) is 29.0 Å². The van der Waals surface area contributed by atoms with Gasteiger partial charge >= 0.3 is 6.09 Å². The Morgan fingerprint density at radius 3 is 2.78 bits per heavy atom. The molecule has 27 heavy (non-hydrogen) atoms. The average molecular weight is 369 g/mol. The zero-order valence-corrected chi connectivity index (χ0v) is 15.0. The van der Waals surface area contributed by atoms with E-state index in [4.69, 9.17) is 15.7 Å². The number of hydrogen-bond acceptors (Lipinski definition) is 9. The Labute approximate surface area is 154 Å². The van der Waals surface area contributed by atoms with Crippen LogP contribution in [0.3, 0.4) is 0 Å². The molecule has 3 rings (SSSR count). The Balaban J connectivity index is 1.99. The van der Waals surface area contributed by atoms with Crippen LogP contribution >= 0.6 is 0 Å². The first-order valence-corrected chi connectivity index (χ1v) is 8.11. The van der Waals surface area contributed by atoms with Crippen LogP contribution in [-0.4, -0.2) is 40.1 Å². The molecule has 2 heterocycles. The molecule has 1 amide bonds. The molecule has 0 bridgehead atoms. The van der Waals surface area contributed by atoms with Crippen molar-refractivity contribution in [1.82, 2.24) is 15.1 Å². The molecule has 0 radical (unpaired) electrons. The minimum atomic E-state index is -0.652. The van der Waals surface area contributed by atoms with E-state index in [1.807, 2.05) is 13.8 Å². The second-order valence-corrected chi connectivity index (χ2v) is 6.02. The maximum absolute atomic E-state index is 11.4. The number of ether oxygens (including phenoxy) is 1. The Morgan fingerprint density at radius 1 is 1.30 bits per heavy atom. The van der Waals surface area contributed by atoms with Crippen LogP contribution in [0.2, 0.25) is 0 Å². The number of aromatic nitrogens is 3. The average Bonchev–Trinajstić information content (AvgIpc) is 3.03. The quantitative estimate of drug-likeness (QED) is 0.501. The maximum atomic E-state index is 11.4. The van der Waals surface area contributed by atoms with Gasteiger partial charge in [0, 0.05) is 11.6 Å². The molecule has 0 atom stereocenters. The minimum Gasteiger partial charge on any atom is -0.453 e. The van der Waals surface area contributed by atoms with Gasteiger partial charge in [-0.15, -0.1) is 0 Å². The van der Waals surface area contributed by atoms with Crippen molar-refractivity contribution in [2.24, 2.45) is 0 Å². The van der Waals surface area contributed by atoms with Gasteiger partial charge in [0.25, 0.3) is 0 Å². The van der Waals surface area contributed by atoms with Crippen molar-refractivity contribution in [3.8, 4) is 0 Å². The Kier molecular flexibility index (Phi) is 4.88. The number of methoxy groups -OCH3 is 1. The van der Waals surface area contributed by atoms with Gasteiger partial charge in [0.15, 0.2) is 11.4 Å². The number of rotatable bonds is 5. The summed E-state index contributed by atoms with van der Waals surface area (Å²) in [5.74, 6) is 0.914. The zero-order chi connectivity index (χ0) is 19.6. The smallest absolute Gasteiger partial charge is 0.412 e. The number of carbonyl (C=O) groups excluding carboxylic acids is 1. The van der Waals surface area contributed by atoms with Gasteiger partial charge in [-0.1, -0.05) is 11.2 Å². The van der Waals surface area contributed by atoms with Gasteiger partial charge in [0.05, 0.1) is 23.8 Å². The highest BCUT2D eigenvalue weighted by Crippen LogP contribution is 2.27. The number of nitrogens with two attached hydrogens (primary N) is 1. The summed E-state index contributed by atoms with van der Waals surface area (Å²) in [6.07, 6.45) is 0.696. The van der Waals surface area contributed by atoms with E-state index in [-0.39, 0.29) is 23.4 Å². The summed E-state index contributed by atoms with van der Waals surface area (Å²) in [7, 11) is 1.26. The number of benzene rings is 1.